The molecule has 1 heterocycles. The smallest absolute Gasteiger partial charge is 0.0973 e. The van der Waals surface area contributed by atoms with E-state index in [4.69, 9.17) is 5.73 Å². The van der Waals surface area contributed by atoms with Crippen LogP contribution in [0.1, 0.15) is 19.4 Å². The van der Waals surface area contributed by atoms with Gasteiger partial charge in [0.05, 0.1) is 10.5 Å². The zero-order valence-corrected chi connectivity index (χ0v) is 10.4. The van der Waals surface area contributed by atoms with Crippen molar-refractivity contribution in [2.75, 3.05) is 0 Å². The van der Waals surface area contributed by atoms with Crippen molar-refractivity contribution in [3.05, 3.63) is 35.9 Å². The number of nitrogens with two attached hydrogens (primary N) is 1. The molecule has 0 radical (unpaired) electrons. The molecular weight excluding hydrogens is 216 g/mol. The van der Waals surface area contributed by atoms with Crippen molar-refractivity contribution in [1.82, 2.24) is 4.98 Å². The van der Waals surface area contributed by atoms with Crippen molar-refractivity contribution in [2.24, 2.45) is 5.73 Å². The minimum Gasteiger partial charge on any atom is -0.326 e. The molecule has 0 aliphatic heterocycles. The fraction of sp³-hybridized carbons (Fsp3) is 0.308. The fourth-order valence-corrected chi connectivity index (χ4v) is 2.54. The second-order valence-electron chi connectivity index (χ2n) is 4.01. The molecule has 1 aromatic carbocycles. The van der Waals surface area contributed by atoms with Gasteiger partial charge in [-0.1, -0.05) is 32.0 Å². The molecule has 0 spiro atoms. The number of pyridine rings is 1. The van der Waals surface area contributed by atoms with E-state index in [9.17, 15) is 0 Å². The van der Waals surface area contributed by atoms with Crippen LogP contribution < -0.4 is 5.73 Å². The van der Waals surface area contributed by atoms with E-state index in [1.165, 1.54) is 5.56 Å². The van der Waals surface area contributed by atoms with Crippen LogP contribution >= 0.6 is 11.8 Å². The van der Waals surface area contributed by atoms with Gasteiger partial charge in [-0.05, 0) is 17.7 Å². The van der Waals surface area contributed by atoms with Crippen LogP contribution in [0.4, 0.5) is 0 Å². The van der Waals surface area contributed by atoms with Crippen LogP contribution in [0.25, 0.3) is 10.9 Å². The molecule has 0 saturated heterocycles. The van der Waals surface area contributed by atoms with E-state index < -0.39 is 0 Å². The first-order chi connectivity index (χ1) is 7.70. The Hall–Kier alpha value is -1.06. The lowest BCUT2D eigenvalue weighted by Crippen LogP contribution is -2.00. The van der Waals surface area contributed by atoms with E-state index in [0.717, 1.165) is 15.9 Å². The van der Waals surface area contributed by atoms with Crippen LogP contribution in [0.15, 0.2) is 35.4 Å². The maximum atomic E-state index is 5.78. The average Bonchev–Trinajstić information content (AvgIpc) is 2.27. The number of para-hydroxylation sites is 1. The molecule has 2 N–H and O–H groups in total. The largest absolute Gasteiger partial charge is 0.326 e. The summed E-state index contributed by atoms with van der Waals surface area (Å²) in [6, 6.07) is 10.3. The Balaban J connectivity index is 2.54. The van der Waals surface area contributed by atoms with E-state index in [-0.39, 0.29) is 0 Å². The molecule has 3 heteroatoms. The summed E-state index contributed by atoms with van der Waals surface area (Å²) in [5.41, 5.74) is 7.99. The summed E-state index contributed by atoms with van der Waals surface area (Å²) in [4.78, 5) is 4.63. The van der Waals surface area contributed by atoms with Crippen LogP contribution in [-0.2, 0) is 6.54 Å². The first-order valence-electron chi connectivity index (χ1n) is 5.46. The minimum atomic E-state index is 0.541. The molecular formula is C13H16N2S. The van der Waals surface area contributed by atoms with Crippen molar-refractivity contribution >= 4 is 22.7 Å². The van der Waals surface area contributed by atoms with Crippen molar-refractivity contribution in [3.63, 3.8) is 0 Å². The molecule has 16 heavy (non-hydrogen) atoms. The van der Waals surface area contributed by atoms with E-state index in [1.807, 2.05) is 18.2 Å². The maximum absolute atomic E-state index is 5.78. The molecule has 1 aromatic heterocycles. The summed E-state index contributed by atoms with van der Waals surface area (Å²) >= 11 is 1.78. The van der Waals surface area contributed by atoms with E-state index in [1.54, 1.807) is 11.8 Å². The highest BCUT2D eigenvalue weighted by Gasteiger charge is 2.06. The van der Waals surface area contributed by atoms with Crippen molar-refractivity contribution in [1.29, 1.82) is 0 Å². The zero-order chi connectivity index (χ0) is 11.5. The molecule has 0 saturated carbocycles. The second-order valence-corrected chi connectivity index (χ2v) is 5.60. The summed E-state index contributed by atoms with van der Waals surface area (Å²) in [6.07, 6.45) is 0. The second kappa shape index (κ2) is 4.85. The van der Waals surface area contributed by atoms with Crippen molar-refractivity contribution < 1.29 is 0 Å². The summed E-state index contributed by atoms with van der Waals surface area (Å²) in [5, 5.41) is 2.77. The highest BCUT2D eigenvalue weighted by Crippen LogP contribution is 2.26. The molecule has 0 aliphatic rings. The SMILES string of the molecule is CC(C)Sc1cc(CN)c2ccccc2n1. The Morgan fingerprint density at radius 1 is 1.31 bits per heavy atom. The summed E-state index contributed by atoms with van der Waals surface area (Å²) in [5.74, 6) is 0. The Bertz CT molecular complexity index is 494. The van der Waals surface area contributed by atoms with Crippen LogP contribution in [0, 0.1) is 0 Å². The van der Waals surface area contributed by atoms with E-state index in [0.29, 0.717) is 11.8 Å². The quantitative estimate of drug-likeness (QED) is 0.826. The first kappa shape index (κ1) is 11.4. The van der Waals surface area contributed by atoms with Gasteiger partial charge in [0.25, 0.3) is 0 Å². The summed E-state index contributed by atoms with van der Waals surface area (Å²) in [6.45, 7) is 4.90. The Morgan fingerprint density at radius 3 is 2.75 bits per heavy atom. The van der Waals surface area contributed by atoms with Crippen LogP contribution in [-0.4, -0.2) is 10.2 Å². The number of hydrogen-bond donors (Lipinski definition) is 1. The van der Waals surface area contributed by atoms with Gasteiger partial charge >= 0.3 is 0 Å². The molecule has 0 amide bonds. The highest BCUT2D eigenvalue weighted by molar-refractivity contribution is 7.99. The predicted molar refractivity (Wildman–Crippen MR) is 70.6 cm³/mol. The lowest BCUT2D eigenvalue weighted by Gasteiger charge is -2.09. The molecule has 84 valence electrons. The number of rotatable bonds is 3. The average molecular weight is 232 g/mol. The summed E-state index contributed by atoms with van der Waals surface area (Å²) in [7, 11) is 0. The molecule has 0 aliphatic carbocycles. The number of fused-ring (bicyclic) bond motifs is 1. The third-order valence-electron chi connectivity index (χ3n) is 2.35. The first-order valence-corrected chi connectivity index (χ1v) is 6.34. The zero-order valence-electron chi connectivity index (χ0n) is 9.60. The Morgan fingerprint density at radius 2 is 2.06 bits per heavy atom. The molecule has 0 bridgehead atoms. The van der Waals surface area contributed by atoms with Crippen LogP contribution in [0.3, 0.4) is 0 Å². The van der Waals surface area contributed by atoms with Crippen LogP contribution in [0.5, 0.6) is 0 Å². The summed E-state index contributed by atoms with van der Waals surface area (Å²) < 4.78 is 0. The maximum Gasteiger partial charge on any atom is 0.0973 e. The predicted octanol–water partition coefficient (Wildman–Crippen LogP) is 3.19. The third-order valence-corrected chi connectivity index (χ3v) is 3.28. The van der Waals surface area contributed by atoms with Gasteiger partial charge in [0.1, 0.15) is 0 Å². The number of hydrogen-bond acceptors (Lipinski definition) is 3. The van der Waals surface area contributed by atoms with Gasteiger partial charge in [-0.15, -0.1) is 11.8 Å². The molecule has 0 fully saturated rings. The highest BCUT2D eigenvalue weighted by atomic mass is 32.2. The van der Waals surface area contributed by atoms with Crippen LogP contribution in [0.2, 0.25) is 0 Å². The minimum absolute atomic E-state index is 0.541. The lowest BCUT2D eigenvalue weighted by atomic mass is 10.1. The lowest BCUT2D eigenvalue weighted by molar-refractivity contribution is 1.04. The molecule has 2 nitrogen and oxygen atoms in total. The number of nitrogens with zero attached hydrogens (tertiary/aromatic N) is 1. The van der Waals surface area contributed by atoms with Gasteiger partial charge in [-0.3, -0.25) is 0 Å². The number of benzene rings is 1. The van der Waals surface area contributed by atoms with Gasteiger partial charge in [0.2, 0.25) is 0 Å². The Labute approximate surface area is 100 Å². The topological polar surface area (TPSA) is 38.9 Å². The van der Waals surface area contributed by atoms with Gasteiger partial charge in [-0.2, -0.15) is 0 Å². The molecule has 2 rings (SSSR count). The van der Waals surface area contributed by atoms with Crippen molar-refractivity contribution in [2.45, 2.75) is 30.7 Å². The van der Waals surface area contributed by atoms with Gasteiger partial charge in [-0.25, -0.2) is 4.98 Å². The molecule has 0 atom stereocenters. The third kappa shape index (κ3) is 2.36. The van der Waals surface area contributed by atoms with Gasteiger partial charge < -0.3 is 5.73 Å². The molecule has 2 aromatic rings. The standard InChI is InChI=1S/C13H16N2S/c1-9(2)16-13-7-10(8-14)11-5-3-4-6-12(11)15-13/h3-7,9H,8,14H2,1-2H3. The fourth-order valence-electron chi connectivity index (χ4n) is 1.69. The normalized spacial score (nSPS) is 11.2. The van der Waals surface area contributed by atoms with Gasteiger partial charge in [0, 0.05) is 17.2 Å². The number of aromatic nitrogens is 1. The van der Waals surface area contributed by atoms with E-state index >= 15 is 0 Å². The Kier molecular flexibility index (Phi) is 3.46. The molecule has 0 unspecified atom stereocenters. The monoisotopic (exact) mass is 232 g/mol. The van der Waals surface area contributed by atoms with Crippen molar-refractivity contribution in [3.8, 4) is 0 Å². The van der Waals surface area contributed by atoms with E-state index in [2.05, 4.69) is 31.0 Å². The van der Waals surface area contributed by atoms with Gasteiger partial charge in [0.15, 0.2) is 0 Å². The number of thioether (sulfide) groups is 1.